The molecule has 106 valence electrons. The zero-order chi connectivity index (χ0) is 15.4. The molecule has 0 saturated heterocycles. The largest absolute Gasteiger partial charge is 0.507 e. The van der Waals surface area contributed by atoms with Crippen LogP contribution in [-0.2, 0) is 4.79 Å². The minimum atomic E-state index is -1.24. The number of hydrogen-bond acceptors (Lipinski definition) is 5. The van der Waals surface area contributed by atoms with Crippen LogP contribution in [0.4, 0.5) is 0 Å². The van der Waals surface area contributed by atoms with Crippen molar-refractivity contribution in [1.82, 2.24) is 0 Å². The highest BCUT2D eigenvalue weighted by molar-refractivity contribution is 6.15. The molecule has 0 fully saturated rings. The maximum absolute atomic E-state index is 12.3. The number of benzene rings is 2. The quantitative estimate of drug-likeness (QED) is 0.642. The molecule has 0 unspecified atom stereocenters. The van der Waals surface area contributed by atoms with Crippen LogP contribution in [0.3, 0.4) is 0 Å². The normalized spacial score (nSPS) is 9.90. The molecule has 6 nitrogen and oxygen atoms in total. The lowest BCUT2D eigenvalue weighted by molar-refractivity contribution is -0.120. The second-order valence-corrected chi connectivity index (χ2v) is 4.07. The van der Waals surface area contributed by atoms with Crippen LogP contribution in [0.2, 0.25) is 0 Å². The SMILES string of the molecule is O=COc1ccc(C(=O)c2ccccc2C(=O)O)c(O)c1. The van der Waals surface area contributed by atoms with Crippen LogP contribution >= 0.6 is 0 Å². The van der Waals surface area contributed by atoms with Gasteiger partial charge in [0.2, 0.25) is 0 Å². The zero-order valence-electron chi connectivity index (χ0n) is 10.6. The summed E-state index contributed by atoms with van der Waals surface area (Å²) in [6, 6.07) is 9.38. The first kappa shape index (κ1) is 14.3. The third kappa shape index (κ3) is 2.89. The van der Waals surface area contributed by atoms with Crippen LogP contribution < -0.4 is 4.74 Å². The fourth-order valence-corrected chi connectivity index (χ4v) is 1.85. The van der Waals surface area contributed by atoms with Gasteiger partial charge in [-0.15, -0.1) is 0 Å². The molecule has 0 atom stereocenters. The number of aromatic hydroxyl groups is 1. The topological polar surface area (TPSA) is 101 Å². The monoisotopic (exact) mass is 286 g/mol. The molecular formula is C15H10O6. The molecule has 0 radical (unpaired) electrons. The Hall–Kier alpha value is -3.15. The van der Waals surface area contributed by atoms with Gasteiger partial charge in [0.25, 0.3) is 6.47 Å². The highest BCUT2D eigenvalue weighted by atomic mass is 16.5. The molecule has 2 N–H and O–H groups in total. The van der Waals surface area contributed by atoms with Crippen molar-refractivity contribution in [1.29, 1.82) is 0 Å². The number of carbonyl (C=O) groups excluding carboxylic acids is 2. The highest BCUT2D eigenvalue weighted by Gasteiger charge is 2.20. The number of ether oxygens (including phenoxy) is 1. The Morgan fingerprint density at radius 2 is 1.67 bits per heavy atom. The fraction of sp³-hybridized carbons (Fsp3) is 0. The van der Waals surface area contributed by atoms with E-state index >= 15 is 0 Å². The summed E-state index contributed by atoms with van der Waals surface area (Å²) in [6.07, 6.45) is 0. The van der Waals surface area contributed by atoms with Gasteiger partial charge in [-0.2, -0.15) is 0 Å². The Morgan fingerprint density at radius 3 is 2.24 bits per heavy atom. The van der Waals surface area contributed by atoms with Crippen LogP contribution in [0.15, 0.2) is 42.5 Å². The highest BCUT2D eigenvalue weighted by Crippen LogP contribution is 2.26. The van der Waals surface area contributed by atoms with Gasteiger partial charge in [-0.25, -0.2) is 4.79 Å². The zero-order valence-corrected chi connectivity index (χ0v) is 10.6. The number of hydrogen-bond donors (Lipinski definition) is 2. The number of rotatable bonds is 5. The van der Waals surface area contributed by atoms with Crippen molar-refractivity contribution in [2.45, 2.75) is 0 Å². The van der Waals surface area contributed by atoms with E-state index in [0.29, 0.717) is 0 Å². The van der Waals surface area contributed by atoms with E-state index in [0.717, 1.165) is 6.07 Å². The van der Waals surface area contributed by atoms with Crippen LogP contribution in [0.25, 0.3) is 0 Å². The summed E-state index contributed by atoms with van der Waals surface area (Å²) in [6.45, 7) is 0.190. The van der Waals surface area contributed by atoms with Gasteiger partial charge in [-0.3, -0.25) is 9.59 Å². The Labute approximate surface area is 119 Å². The number of carboxylic acids is 1. The van der Waals surface area contributed by atoms with Gasteiger partial charge >= 0.3 is 5.97 Å². The molecule has 6 heteroatoms. The Morgan fingerprint density at radius 1 is 1.00 bits per heavy atom. The third-order valence-corrected chi connectivity index (χ3v) is 2.80. The summed E-state index contributed by atoms with van der Waals surface area (Å²) in [5.74, 6) is -2.20. The molecule has 0 aliphatic heterocycles. The van der Waals surface area contributed by atoms with Gasteiger partial charge in [0, 0.05) is 11.6 Å². The Balaban J connectivity index is 2.46. The molecule has 0 spiro atoms. The number of phenolic OH excluding ortho intramolecular Hbond substituents is 1. The maximum atomic E-state index is 12.3. The predicted molar refractivity (Wildman–Crippen MR) is 71.6 cm³/mol. The van der Waals surface area contributed by atoms with E-state index in [1.54, 1.807) is 0 Å². The van der Waals surface area contributed by atoms with Gasteiger partial charge < -0.3 is 14.9 Å². The lowest BCUT2D eigenvalue weighted by Crippen LogP contribution is -2.09. The van der Waals surface area contributed by atoms with Crippen LogP contribution in [0.1, 0.15) is 26.3 Å². The molecule has 0 aromatic heterocycles. The molecule has 0 aliphatic carbocycles. The van der Waals surface area contributed by atoms with E-state index in [2.05, 4.69) is 4.74 Å². The second kappa shape index (κ2) is 5.87. The summed E-state index contributed by atoms with van der Waals surface area (Å²) in [5.41, 5.74) is -0.276. The van der Waals surface area contributed by atoms with Crippen molar-refractivity contribution in [2.24, 2.45) is 0 Å². The molecule has 0 bridgehead atoms. The molecule has 21 heavy (non-hydrogen) atoms. The first-order valence-electron chi connectivity index (χ1n) is 5.85. The maximum Gasteiger partial charge on any atom is 0.336 e. The van der Waals surface area contributed by atoms with Gasteiger partial charge in [0.1, 0.15) is 11.5 Å². The summed E-state index contributed by atoms with van der Waals surface area (Å²) >= 11 is 0. The summed E-state index contributed by atoms with van der Waals surface area (Å²) in [4.78, 5) is 33.6. The molecule has 2 aromatic rings. The minimum Gasteiger partial charge on any atom is -0.507 e. The number of aromatic carboxylic acids is 1. The van der Waals surface area contributed by atoms with Crippen LogP contribution in [0, 0.1) is 0 Å². The van der Waals surface area contributed by atoms with Gasteiger partial charge in [-0.1, -0.05) is 18.2 Å². The predicted octanol–water partition coefficient (Wildman–Crippen LogP) is 1.86. The fourth-order valence-electron chi connectivity index (χ4n) is 1.85. The molecule has 2 aromatic carbocycles. The standard InChI is InChI=1S/C15H10O6/c16-8-21-9-5-6-12(13(17)7-9)14(18)10-3-1-2-4-11(10)15(19)20/h1-8,17H,(H,19,20). The van der Waals surface area contributed by atoms with Crippen molar-refractivity contribution in [3.8, 4) is 11.5 Å². The van der Waals surface area contributed by atoms with Crippen molar-refractivity contribution >= 4 is 18.2 Å². The van der Waals surface area contributed by atoms with Gasteiger partial charge in [0.05, 0.1) is 11.1 Å². The number of carboxylic acid groups (broad SMARTS) is 1. The van der Waals surface area contributed by atoms with E-state index in [-0.39, 0.29) is 28.9 Å². The lowest BCUT2D eigenvalue weighted by atomic mass is 9.97. The van der Waals surface area contributed by atoms with E-state index < -0.39 is 17.5 Å². The first-order chi connectivity index (χ1) is 10.0. The van der Waals surface area contributed by atoms with E-state index in [9.17, 15) is 19.5 Å². The summed E-state index contributed by atoms with van der Waals surface area (Å²) < 4.78 is 4.54. The second-order valence-electron chi connectivity index (χ2n) is 4.07. The molecule has 0 saturated carbocycles. The Bertz CT molecular complexity index is 720. The van der Waals surface area contributed by atoms with Crippen LogP contribution in [-0.4, -0.2) is 28.4 Å². The average Bonchev–Trinajstić information content (AvgIpc) is 2.47. The van der Waals surface area contributed by atoms with Crippen molar-refractivity contribution in [3.63, 3.8) is 0 Å². The molecule has 2 rings (SSSR count). The molecular weight excluding hydrogens is 276 g/mol. The van der Waals surface area contributed by atoms with E-state index in [1.807, 2.05) is 0 Å². The summed E-state index contributed by atoms with van der Waals surface area (Å²) in [5, 5.41) is 18.9. The van der Waals surface area contributed by atoms with Crippen LogP contribution in [0.5, 0.6) is 11.5 Å². The third-order valence-electron chi connectivity index (χ3n) is 2.80. The van der Waals surface area contributed by atoms with Gasteiger partial charge in [0.15, 0.2) is 5.78 Å². The smallest absolute Gasteiger partial charge is 0.336 e. The molecule has 0 aliphatic rings. The number of ketones is 1. The van der Waals surface area contributed by atoms with Crippen molar-refractivity contribution in [3.05, 3.63) is 59.2 Å². The average molecular weight is 286 g/mol. The Kier molecular flexibility index (Phi) is 3.99. The molecule has 0 amide bonds. The number of carbonyl (C=O) groups is 3. The van der Waals surface area contributed by atoms with E-state index in [1.165, 1.54) is 36.4 Å². The molecule has 0 heterocycles. The van der Waals surface area contributed by atoms with Crippen molar-refractivity contribution < 1.29 is 29.3 Å². The first-order valence-corrected chi connectivity index (χ1v) is 5.85. The van der Waals surface area contributed by atoms with Crippen molar-refractivity contribution in [2.75, 3.05) is 0 Å². The minimum absolute atomic E-state index is 0.0376. The van der Waals surface area contributed by atoms with Gasteiger partial charge in [-0.05, 0) is 18.2 Å². The van der Waals surface area contributed by atoms with E-state index in [4.69, 9.17) is 5.11 Å². The number of phenols is 1. The lowest BCUT2D eigenvalue weighted by Gasteiger charge is -2.07. The summed E-state index contributed by atoms with van der Waals surface area (Å²) in [7, 11) is 0.